The number of hydrogen-bond acceptors (Lipinski definition) is 6. The van der Waals surface area contributed by atoms with E-state index in [1.807, 2.05) is 0 Å². The van der Waals surface area contributed by atoms with Crippen molar-refractivity contribution in [1.29, 1.82) is 0 Å². The van der Waals surface area contributed by atoms with Crippen LogP contribution < -0.4 is 0 Å². The number of sulfone groups is 1. The van der Waals surface area contributed by atoms with Crippen molar-refractivity contribution < 1.29 is 28.4 Å². The van der Waals surface area contributed by atoms with Gasteiger partial charge in [0.15, 0.2) is 9.84 Å². The van der Waals surface area contributed by atoms with E-state index in [9.17, 15) is 18.6 Å². The summed E-state index contributed by atoms with van der Waals surface area (Å²) < 4.78 is 25.3. The summed E-state index contributed by atoms with van der Waals surface area (Å²) in [6.45, 7) is 3.19. The molecule has 1 aliphatic carbocycles. The number of fused-ring (bicyclic) bond motifs is 2. The average Bonchev–Trinajstić information content (AvgIpc) is 2.48. The van der Waals surface area contributed by atoms with Gasteiger partial charge in [-0.1, -0.05) is 18.2 Å². The Balaban J connectivity index is 1.84. The van der Waals surface area contributed by atoms with Gasteiger partial charge in [-0.15, -0.1) is 0 Å². The van der Waals surface area contributed by atoms with E-state index in [1.54, 1.807) is 37.3 Å². The summed E-state index contributed by atoms with van der Waals surface area (Å²) >= 11 is 0. The summed E-state index contributed by atoms with van der Waals surface area (Å²) in [5, 5.41) is 20.4. The molecule has 5 atom stereocenters. The van der Waals surface area contributed by atoms with Gasteiger partial charge in [0.25, 0.3) is 0 Å². The Morgan fingerprint density at radius 2 is 1.87 bits per heavy atom. The first kappa shape index (κ1) is 16.9. The van der Waals surface area contributed by atoms with E-state index in [0.717, 1.165) is 0 Å². The second-order valence-electron chi connectivity index (χ2n) is 6.96. The van der Waals surface area contributed by atoms with Gasteiger partial charge in [-0.2, -0.15) is 0 Å². The number of aliphatic hydroxyl groups excluding tert-OH is 1. The molecule has 0 aromatic heterocycles. The molecule has 1 saturated carbocycles. The lowest BCUT2D eigenvalue weighted by atomic mass is 9.69. The van der Waals surface area contributed by atoms with E-state index >= 15 is 0 Å². The molecule has 0 unspecified atom stereocenters. The lowest BCUT2D eigenvalue weighted by Gasteiger charge is -2.52. The molecule has 1 heterocycles. The molecule has 0 radical (unpaired) electrons. The van der Waals surface area contributed by atoms with Crippen molar-refractivity contribution >= 4 is 9.84 Å². The zero-order valence-electron chi connectivity index (χ0n) is 13.2. The normalized spacial score (nSPS) is 40.8. The maximum Gasteiger partial charge on any atom is 0.181 e. The molecule has 128 valence electrons. The maximum absolute atomic E-state index is 12.6. The van der Waals surface area contributed by atoms with Gasteiger partial charge in [-0.25, -0.2) is 18.2 Å². The van der Waals surface area contributed by atoms with Gasteiger partial charge >= 0.3 is 0 Å². The molecular weight excluding hydrogens is 320 g/mol. The maximum atomic E-state index is 12.6. The molecular formula is C16H22O6S. The number of benzene rings is 1. The van der Waals surface area contributed by atoms with Crippen molar-refractivity contribution in [3.63, 3.8) is 0 Å². The van der Waals surface area contributed by atoms with Crippen molar-refractivity contribution in [2.24, 2.45) is 5.92 Å². The fourth-order valence-electron chi connectivity index (χ4n) is 3.42. The van der Waals surface area contributed by atoms with Crippen LogP contribution in [0.4, 0.5) is 0 Å². The Bertz CT molecular complexity index is 669. The van der Waals surface area contributed by atoms with Gasteiger partial charge in [0.1, 0.15) is 17.3 Å². The van der Waals surface area contributed by atoms with Crippen LogP contribution in [-0.2, 0) is 19.6 Å². The quantitative estimate of drug-likeness (QED) is 0.798. The van der Waals surface area contributed by atoms with Crippen LogP contribution in [0.25, 0.3) is 0 Å². The second-order valence-corrected chi connectivity index (χ2v) is 8.95. The minimum Gasteiger partial charge on any atom is -0.390 e. The van der Waals surface area contributed by atoms with Gasteiger partial charge in [0.05, 0.1) is 16.8 Å². The Morgan fingerprint density at radius 3 is 2.52 bits per heavy atom. The molecule has 0 spiro atoms. The highest BCUT2D eigenvalue weighted by atomic mass is 32.2. The van der Waals surface area contributed by atoms with Crippen molar-refractivity contribution in [1.82, 2.24) is 0 Å². The predicted octanol–water partition coefficient (Wildman–Crippen LogP) is 1.07. The molecule has 2 fully saturated rings. The average molecular weight is 342 g/mol. The minimum absolute atomic E-state index is 0.213. The molecule has 6 nitrogen and oxygen atoms in total. The van der Waals surface area contributed by atoms with Gasteiger partial charge in [-0.3, -0.25) is 0 Å². The van der Waals surface area contributed by atoms with Gasteiger partial charge in [-0.05, 0) is 44.7 Å². The molecule has 3 rings (SSSR count). The summed E-state index contributed by atoms with van der Waals surface area (Å²) in [7, 11) is -3.55. The highest BCUT2D eigenvalue weighted by Crippen LogP contribution is 2.46. The first-order valence-electron chi connectivity index (χ1n) is 7.68. The van der Waals surface area contributed by atoms with Gasteiger partial charge in [0, 0.05) is 0 Å². The van der Waals surface area contributed by atoms with E-state index in [4.69, 9.17) is 9.78 Å². The molecule has 2 aliphatic rings. The predicted molar refractivity (Wildman–Crippen MR) is 82.2 cm³/mol. The Hall–Kier alpha value is -0.990. The number of rotatable bonds is 3. The Morgan fingerprint density at radius 1 is 1.22 bits per heavy atom. The third-order valence-corrected chi connectivity index (χ3v) is 7.07. The van der Waals surface area contributed by atoms with Crippen molar-refractivity contribution in [3.8, 4) is 0 Å². The van der Waals surface area contributed by atoms with E-state index in [2.05, 4.69) is 0 Å². The fourth-order valence-corrected chi connectivity index (χ4v) is 5.19. The minimum atomic E-state index is -3.55. The lowest BCUT2D eigenvalue weighted by Crippen LogP contribution is -2.64. The summed E-state index contributed by atoms with van der Waals surface area (Å²) in [6, 6.07) is 8.19. The van der Waals surface area contributed by atoms with Crippen LogP contribution in [0.2, 0.25) is 0 Å². The SMILES string of the molecule is C[C@]1(O)[C@H](O)C[C@H]2C[C@@H]1OO[C@@]2(C)CS(=O)(=O)c1ccccc1. The Kier molecular flexibility index (Phi) is 4.05. The van der Waals surface area contributed by atoms with Crippen LogP contribution in [0.3, 0.4) is 0 Å². The van der Waals surface area contributed by atoms with Crippen molar-refractivity contribution in [2.75, 3.05) is 5.75 Å². The van der Waals surface area contributed by atoms with E-state index in [0.29, 0.717) is 6.42 Å². The first-order chi connectivity index (χ1) is 10.7. The van der Waals surface area contributed by atoms with Crippen LogP contribution in [0.5, 0.6) is 0 Å². The highest BCUT2D eigenvalue weighted by molar-refractivity contribution is 7.91. The van der Waals surface area contributed by atoms with E-state index < -0.39 is 33.2 Å². The molecule has 1 aliphatic heterocycles. The topological polar surface area (TPSA) is 93.1 Å². The van der Waals surface area contributed by atoms with Crippen LogP contribution in [0.15, 0.2) is 35.2 Å². The molecule has 0 amide bonds. The fraction of sp³-hybridized carbons (Fsp3) is 0.625. The molecule has 1 aromatic rings. The lowest BCUT2D eigenvalue weighted by molar-refractivity contribution is -0.449. The van der Waals surface area contributed by atoms with Crippen LogP contribution in [0, 0.1) is 5.92 Å². The summed E-state index contributed by atoms with van der Waals surface area (Å²) in [6.07, 6.45) is -0.920. The number of aliphatic hydroxyl groups is 2. The molecule has 2 bridgehead atoms. The summed E-state index contributed by atoms with van der Waals surface area (Å²) in [5.41, 5.74) is -2.46. The third kappa shape index (κ3) is 2.92. The van der Waals surface area contributed by atoms with Crippen molar-refractivity contribution in [3.05, 3.63) is 30.3 Å². The zero-order chi connectivity index (χ0) is 16.9. The van der Waals surface area contributed by atoms with Crippen molar-refractivity contribution in [2.45, 2.75) is 55.0 Å². The molecule has 1 saturated heterocycles. The van der Waals surface area contributed by atoms with Crippen LogP contribution in [0.1, 0.15) is 26.7 Å². The Labute approximate surface area is 135 Å². The molecule has 23 heavy (non-hydrogen) atoms. The zero-order valence-corrected chi connectivity index (χ0v) is 14.0. The van der Waals surface area contributed by atoms with Gasteiger partial charge < -0.3 is 10.2 Å². The third-order valence-electron chi connectivity index (χ3n) is 5.13. The van der Waals surface area contributed by atoms with E-state index in [1.165, 1.54) is 6.92 Å². The smallest absolute Gasteiger partial charge is 0.181 e. The molecule has 2 N–H and O–H groups in total. The van der Waals surface area contributed by atoms with Crippen LogP contribution >= 0.6 is 0 Å². The standard InChI is InChI=1S/C16H22O6S/c1-15(10-23(19,20)12-6-4-3-5-7-12)11-8-13(17)16(2,18)14(9-11)21-22-15/h3-7,11,13-14,17-18H,8-10H2,1-2H3/t11-,13+,14-,15-,16-/m0/s1. The highest BCUT2D eigenvalue weighted by Gasteiger charge is 2.56. The van der Waals surface area contributed by atoms with Crippen LogP contribution in [-0.4, -0.2) is 47.8 Å². The monoisotopic (exact) mass is 342 g/mol. The summed E-state index contributed by atoms with van der Waals surface area (Å²) in [4.78, 5) is 10.9. The first-order valence-corrected chi connectivity index (χ1v) is 9.33. The van der Waals surface area contributed by atoms with E-state index in [-0.39, 0.29) is 23.0 Å². The molecule has 1 aromatic carbocycles. The van der Waals surface area contributed by atoms with Gasteiger partial charge in [0.2, 0.25) is 0 Å². The summed E-state index contributed by atoms with van der Waals surface area (Å²) in [5.74, 6) is -0.453. The second kappa shape index (κ2) is 5.53. The number of hydrogen-bond donors (Lipinski definition) is 2. The largest absolute Gasteiger partial charge is 0.390 e. The molecule has 7 heteroatoms.